The van der Waals surface area contributed by atoms with Gasteiger partial charge < -0.3 is 48.6 Å². The molecule has 11 N–H and O–H groups in total. The summed E-state index contributed by atoms with van der Waals surface area (Å²) in [5.74, 6) is -2.64. The Morgan fingerprint density at radius 1 is 0.857 bits per heavy atom. The van der Waals surface area contributed by atoms with Crippen molar-refractivity contribution in [2.24, 2.45) is 22.2 Å². The van der Waals surface area contributed by atoms with E-state index in [1.54, 1.807) is 0 Å². The van der Waals surface area contributed by atoms with Crippen molar-refractivity contribution in [2.45, 2.75) is 51.1 Å². The van der Waals surface area contributed by atoms with Crippen LogP contribution in [0.15, 0.2) is 4.99 Å². The van der Waals surface area contributed by atoms with Crippen molar-refractivity contribution in [1.82, 2.24) is 26.6 Å². The zero-order valence-corrected chi connectivity index (χ0v) is 19.9. The van der Waals surface area contributed by atoms with Gasteiger partial charge in [0.2, 0.25) is 29.5 Å². The smallest absolute Gasteiger partial charge is 0.243 e. The predicted octanol–water partition coefficient (Wildman–Crippen LogP) is -4.29. The van der Waals surface area contributed by atoms with Gasteiger partial charge in [0, 0.05) is 20.0 Å². The lowest BCUT2D eigenvalue weighted by atomic mass is 10.1. The summed E-state index contributed by atoms with van der Waals surface area (Å²) in [6.07, 6.45) is 2.42. The first-order valence-electron chi connectivity index (χ1n) is 11.2. The molecule has 198 valence electrons. The maximum absolute atomic E-state index is 12.5. The second kappa shape index (κ2) is 18.7. The van der Waals surface area contributed by atoms with E-state index in [9.17, 15) is 28.8 Å². The number of aldehydes is 1. The number of unbranched alkanes of at least 4 members (excludes halogenated alkanes) is 1. The number of nitrogens with zero attached hydrogens (tertiary/aromatic N) is 1. The molecule has 0 spiro atoms. The van der Waals surface area contributed by atoms with E-state index in [4.69, 9.17) is 17.2 Å². The summed E-state index contributed by atoms with van der Waals surface area (Å²) in [6.45, 7) is 1.06. The van der Waals surface area contributed by atoms with Crippen molar-refractivity contribution in [3.63, 3.8) is 0 Å². The first kappa shape index (κ1) is 31.2. The summed E-state index contributed by atoms with van der Waals surface area (Å²) in [6, 6.07) is -1.91. The minimum atomic E-state index is -0.964. The van der Waals surface area contributed by atoms with Crippen molar-refractivity contribution in [1.29, 1.82) is 0 Å². The lowest BCUT2D eigenvalue weighted by Gasteiger charge is -2.20. The molecular formula is C20H37N9O6. The van der Waals surface area contributed by atoms with Crippen LogP contribution < -0.4 is 43.8 Å². The lowest BCUT2D eigenvalue weighted by molar-refractivity contribution is -0.131. The Bertz CT molecular complexity index is 755. The molecule has 0 radical (unpaired) electrons. The predicted molar refractivity (Wildman–Crippen MR) is 127 cm³/mol. The number of hydrogen-bond acceptors (Lipinski definition) is 8. The monoisotopic (exact) mass is 499 g/mol. The zero-order chi connectivity index (χ0) is 26.6. The fourth-order valence-electron chi connectivity index (χ4n) is 2.83. The highest BCUT2D eigenvalue weighted by Gasteiger charge is 2.23. The van der Waals surface area contributed by atoms with Crippen LogP contribution in [0.4, 0.5) is 0 Å². The minimum absolute atomic E-state index is 0.101. The van der Waals surface area contributed by atoms with Gasteiger partial charge in [-0.15, -0.1) is 0 Å². The van der Waals surface area contributed by atoms with Gasteiger partial charge >= 0.3 is 0 Å². The van der Waals surface area contributed by atoms with Gasteiger partial charge in [-0.1, -0.05) is 0 Å². The summed E-state index contributed by atoms with van der Waals surface area (Å²) < 4.78 is 0. The Hall–Kier alpha value is -3.75. The van der Waals surface area contributed by atoms with Crippen LogP contribution in [0.5, 0.6) is 0 Å². The third-order valence-electron chi connectivity index (χ3n) is 4.51. The molecule has 5 amide bonds. The quantitative estimate of drug-likeness (QED) is 0.0392. The van der Waals surface area contributed by atoms with E-state index in [2.05, 4.69) is 31.6 Å². The molecule has 2 atom stereocenters. The second-order valence-corrected chi connectivity index (χ2v) is 7.50. The van der Waals surface area contributed by atoms with E-state index in [0.717, 1.165) is 0 Å². The Morgan fingerprint density at radius 3 is 2.03 bits per heavy atom. The number of nitrogens with two attached hydrogens (primary N) is 3. The first-order valence-corrected chi connectivity index (χ1v) is 11.2. The van der Waals surface area contributed by atoms with Gasteiger partial charge in [-0.3, -0.25) is 29.0 Å². The number of guanidine groups is 1. The molecule has 0 aliphatic heterocycles. The van der Waals surface area contributed by atoms with Gasteiger partial charge in [0.15, 0.2) is 5.96 Å². The van der Waals surface area contributed by atoms with Crippen LogP contribution in [0.2, 0.25) is 0 Å². The molecule has 0 aliphatic rings. The lowest BCUT2D eigenvalue weighted by Crippen LogP contribution is -2.52. The fraction of sp³-hybridized carbons (Fsp3) is 0.650. The molecule has 35 heavy (non-hydrogen) atoms. The number of amides is 5. The van der Waals surface area contributed by atoms with Crippen LogP contribution in [-0.4, -0.2) is 86.6 Å². The topological polar surface area (TPSA) is 253 Å². The molecule has 0 fully saturated rings. The van der Waals surface area contributed by atoms with E-state index in [0.29, 0.717) is 32.1 Å². The third-order valence-corrected chi connectivity index (χ3v) is 4.51. The molecular weight excluding hydrogens is 462 g/mol. The van der Waals surface area contributed by atoms with Gasteiger partial charge in [-0.25, -0.2) is 0 Å². The van der Waals surface area contributed by atoms with Crippen molar-refractivity contribution >= 4 is 41.8 Å². The number of carbonyl (C=O) groups is 6. The van der Waals surface area contributed by atoms with Gasteiger partial charge in [0.05, 0.1) is 19.6 Å². The van der Waals surface area contributed by atoms with Gasteiger partial charge in [0.25, 0.3) is 0 Å². The first-order chi connectivity index (χ1) is 16.6. The molecule has 0 heterocycles. The molecule has 0 aromatic carbocycles. The number of aliphatic imine (C=N–C) groups is 1. The Labute approximate surface area is 203 Å². The van der Waals surface area contributed by atoms with Crippen molar-refractivity contribution in [2.75, 3.05) is 32.7 Å². The molecule has 15 nitrogen and oxygen atoms in total. The average Bonchev–Trinajstić information content (AvgIpc) is 2.81. The number of nitrogens with one attached hydrogen (secondary N) is 5. The Morgan fingerprint density at radius 2 is 1.46 bits per heavy atom. The Kier molecular flexibility index (Phi) is 16.7. The molecule has 0 saturated heterocycles. The van der Waals surface area contributed by atoms with E-state index in [1.165, 1.54) is 6.92 Å². The van der Waals surface area contributed by atoms with Crippen LogP contribution in [0.3, 0.4) is 0 Å². The molecule has 0 aliphatic carbocycles. The summed E-state index contributed by atoms with van der Waals surface area (Å²) >= 11 is 0. The normalized spacial score (nSPS) is 11.8. The zero-order valence-electron chi connectivity index (χ0n) is 19.9. The maximum atomic E-state index is 12.5. The molecule has 0 aromatic heterocycles. The van der Waals surface area contributed by atoms with E-state index in [1.807, 2.05) is 0 Å². The fourth-order valence-corrected chi connectivity index (χ4v) is 2.83. The second-order valence-electron chi connectivity index (χ2n) is 7.50. The molecule has 0 aromatic rings. The van der Waals surface area contributed by atoms with Gasteiger partial charge in [-0.05, 0) is 32.1 Å². The highest BCUT2D eigenvalue weighted by Crippen LogP contribution is 2.02. The van der Waals surface area contributed by atoms with Crippen molar-refractivity contribution < 1.29 is 28.8 Å². The highest BCUT2D eigenvalue weighted by atomic mass is 16.2. The van der Waals surface area contributed by atoms with Crippen LogP contribution in [0.1, 0.15) is 39.0 Å². The third kappa shape index (κ3) is 16.5. The summed E-state index contributed by atoms with van der Waals surface area (Å²) in [5, 5.41) is 12.4. The summed E-state index contributed by atoms with van der Waals surface area (Å²) in [4.78, 5) is 74.0. The molecule has 0 unspecified atom stereocenters. The van der Waals surface area contributed by atoms with Crippen LogP contribution in [0.25, 0.3) is 0 Å². The SMILES string of the molecule is CC(=O)NCCCC[C@H](NC(=O)CNC(=O)[C@H](CCCN=C(N)N)NC(=O)CN)C(=O)NCC=O. The standard InChI is InChI=1S/C20H37N9O6/c1-13(31)24-7-3-2-5-14(18(34)25-9-10-30)29-17(33)12-27-19(35)15(28-16(32)11-21)6-4-8-26-20(22)23/h10,14-15H,2-9,11-12,21H2,1H3,(H,24,31)(H,25,34)(H,27,35)(H,28,32)(H,29,33)(H4,22,23,26)/t14-,15-/m0/s1. The summed E-state index contributed by atoms with van der Waals surface area (Å²) in [7, 11) is 0. The summed E-state index contributed by atoms with van der Waals surface area (Å²) in [5.41, 5.74) is 15.8. The van der Waals surface area contributed by atoms with Crippen LogP contribution >= 0.6 is 0 Å². The van der Waals surface area contributed by atoms with Crippen molar-refractivity contribution in [3.8, 4) is 0 Å². The largest absolute Gasteiger partial charge is 0.370 e. The van der Waals surface area contributed by atoms with Gasteiger partial charge in [-0.2, -0.15) is 0 Å². The van der Waals surface area contributed by atoms with Crippen LogP contribution in [0, 0.1) is 0 Å². The average molecular weight is 500 g/mol. The maximum Gasteiger partial charge on any atom is 0.243 e. The molecule has 15 heteroatoms. The Balaban J connectivity index is 4.86. The van der Waals surface area contributed by atoms with Crippen LogP contribution in [-0.2, 0) is 28.8 Å². The number of rotatable bonds is 18. The van der Waals surface area contributed by atoms with E-state index < -0.39 is 42.3 Å². The van der Waals surface area contributed by atoms with Gasteiger partial charge in [0.1, 0.15) is 18.4 Å². The van der Waals surface area contributed by atoms with Crippen molar-refractivity contribution in [3.05, 3.63) is 0 Å². The van der Waals surface area contributed by atoms with E-state index in [-0.39, 0.29) is 44.3 Å². The molecule has 0 bridgehead atoms. The molecule has 0 saturated carbocycles. The molecule has 0 rings (SSSR count). The highest BCUT2D eigenvalue weighted by molar-refractivity contribution is 5.93. The number of hydrogen-bond donors (Lipinski definition) is 8. The minimum Gasteiger partial charge on any atom is -0.370 e. The van der Waals surface area contributed by atoms with E-state index >= 15 is 0 Å². The number of carbonyl (C=O) groups excluding carboxylic acids is 6.